The predicted molar refractivity (Wildman–Crippen MR) is 89.8 cm³/mol. The lowest BCUT2D eigenvalue weighted by molar-refractivity contribution is -0.0397. The average molecular weight is 336 g/mol. The van der Waals surface area contributed by atoms with Crippen molar-refractivity contribution in [1.29, 1.82) is 0 Å². The molecule has 134 valence electrons. The second kappa shape index (κ2) is 8.09. The lowest BCUT2D eigenvalue weighted by atomic mass is 10.2. The van der Waals surface area contributed by atoms with Crippen LogP contribution in [0.5, 0.6) is 0 Å². The molecule has 2 fully saturated rings. The first-order valence-corrected chi connectivity index (χ1v) is 8.95. The molecule has 1 aromatic heterocycles. The van der Waals surface area contributed by atoms with Gasteiger partial charge in [-0.3, -0.25) is 4.90 Å². The molecular formula is C17H28N4O3. The van der Waals surface area contributed by atoms with Crippen molar-refractivity contribution in [3.05, 3.63) is 17.5 Å². The molecule has 3 heterocycles. The Labute approximate surface area is 143 Å². The number of hydrogen-bond donors (Lipinski definition) is 0. The lowest BCUT2D eigenvalue weighted by Crippen LogP contribution is -2.44. The minimum atomic E-state index is -0.337. The van der Waals surface area contributed by atoms with Crippen molar-refractivity contribution in [2.45, 2.75) is 39.0 Å². The normalized spacial score (nSPS) is 23.3. The average Bonchev–Trinajstić information content (AvgIpc) is 3.02. The van der Waals surface area contributed by atoms with Crippen LogP contribution < -0.4 is 0 Å². The number of hydrogen-bond acceptors (Lipinski definition) is 6. The molecule has 7 heteroatoms. The Morgan fingerprint density at radius 1 is 1.33 bits per heavy atom. The van der Waals surface area contributed by atoms with Gasteiger partial charge in [0.1, 0.15) is 6.23 Å². The summed E-state index contributed by atoms with van der Waals surface area (Å²) in [7, 11) is 2.14. The summed E-state index contributed by atoms with van der Waals surface area (Å²) in [6.45, 7) is 7.78. The van der Waals surface area contributed by atoms with Crippen LogP contribution in [0.2, 0.25) is 0 Å². The standard InChI is InChI=1S/C17H28N4O3/c1-3-23-17(22)16-14(12-20-9-7-19(2)8-10-20)13-21(18-16)15-6-4-5-11-24-15/h13,15H,3-12H2,1-2H3. The van der Waals surface area contributed by atoms with Gasteiger partial charge in [-0.05, 0) is 33.2 Å². The van der Waals surface area contributed by atoms with Crippen LogP contribution in [-0.2, 0) is 16.0 Å². The number of carbonyl (C=O) groups excluding carboxylic acids is 1. The van der Waals surface area contributed by atoms with E-state index in [1.807, 2.05) is 17.8 Å². The number of carbonyl (C=O) groups is 1. The smallest absolute Gasteiger partial charge is 0.359 e. The first-order chi connectivity index (χ1) is 11.7. The third kappa shape index (κ3) is 4.15. The SMILES string of the molecule is CCOC(=O)c1nn(C2CCCCO2)cc1CN1CCN(C)CC1. The van der Waals surface area contributed by atoms with E-state index in [2.05, 4.69) is 21.9 Å². The first-order valence-electron chi connectivity index (χ1n) is 8.95. The number of aromatic nitrogens is 2. The van der Waals surface area contributed by atoms with E-state index in [0.717, 1.165) is 64.2 Å². The largest absolute Gasteiger partial charge is 0.461 e. The van der Waals surface area contributed by atoms with E-state index in [4.69, 9.17) is 9.47 Å². The monoisotopic (exact) mass is 336 g/mol. The van der Waals surface area contributed by atoms with Gasteiger partial charge in [0.15, 0.2) is 5.69 Å². The minimum Gasteiger partial charge on any atom is -0.461 e. The molecule has 1 atom stereocenters. The second-order valence-corrected chi connectivity index (χ2v) is 6.60. The van der Waals surface area contributed by atoms with Gasteiger partial charge in [0, 0.05) is 51.1 Å². The van der Waals surface area contributed by atoms with Crippen molar-refractivity contribution in [3.8, 4) is 0 Å². The highest BCUT2D eigenvalue weighted by Gasteiger charge is 2.25. The van der Waals surface area contributed by atoms with Crippen LogP contribution in [0.1, 0.15) is 48.5 Å². The van der Waals surface area contributed by atoms with Crippen LogP contribution >= 0.6 is 0 Å². The minimum absolute atomic E-state index is 0.0619. The van der Waals surface area contributed by atoms with Gasteiger partial charge in [0.2, 0.25) is 0 Å². The fourth-order valence-electron chi connectivity index (χ4n) is 3.24. The summed E-state index contributed by atoms with van der Waals surface area (Å²) >= 11 is 0. The zero-order chi connectivity index (χ0) is 16.9. The topological polar surface area (TPSA) is 59.8 Å². The molecule has 3 rings (SSSR count). The molecule has 7 nitrogen and oxygen atoms in total. The number of esters is 1. The van der Waals surface area contributed by atoms with Crippen LogP contribution in [0.15, 0.2) is 6.20 Å². The lowest BCUT2D eigenvalue weighted by Gasteiger charge is -2.32. The van der Waals surface area contributed by atoms with Crippen LogP contribution in [0.4, 0.5) is 0 Å². The van der Waals surface area contributed by atoms with Crippen molar-refractivity contribution in [1.82, 2.24) is 19.6 Å². The fraction of sp³-hybridized carbons (Fsp3) is 0.765. The van der Waals surface area contributed by atoms with Crippen molar-refractivity contribution < 1.29 is 14.3 Å². The van der Waals surface area contributed by atoms with Crippen molar-refractivity contribution in [2.75, 3.05) is 46.4 Å². The van der Waals surface area contributed by atoms with E-state index in [-0.39, 0.29) is 12.2 Å². The van der Waals surface area contributed by atoms with E-state index in [1.165, 1.54) is 0 Å². The van der Waals surface area contributed by atoms with E-state index in [0.29, 0.717) is 12.3 Å². The zero-order valence-electron chi connectivity index (χ0n) is 14.7. The van der Waals surface area contributed by atoms with Gasteiger partial charge >= 0.3 is 5.97 Å². The Morgan fingerprint density at radius 3 is 2.79 bits per heavy atom. The molecule has 0 spiro atoms. The maximum atomic E-state index is 12.3. The molecule has 0 radical (unpaired) electrons. The van der Waals surface area contributed by atoms with Crippen molar-refractivity contribution >= 4 is 5.97 Å². The fourth-order valence-corrected chi connectivity index (χ4v) is 3.24. The zero-order valence-corrected chi connectivity index (χ0v) is 14.7. The number of ether oxygens (including phenoxy) is 2. The van der Waals surface area contributed by atoms with Gasteiger partial charge < -0.3 is 14.4 Å². The second-order valence-electron chi connectivity index (χ2n) is 6.60. The molecule has 0 N–H and O–H groups in total. The molecule has 24 heavy (non-hydrogen) atoms. The van der Waals surface area contributed by atoms with Gasteiger partial charge in [-0.1, -0.05) is 0 Å². The molecular weight excluding hydrogens is 308 g/mol. The number of piperazine rings is 1. The quantitative estimate of drug-likeness (QED) is 0.760. The maximum Gasteiger partial charge on any atom is 0.359 e. The Kier molecular flexibility index (Phi) is 5.86. The summed E-state index contributed by atoms with van der Waals surface area (Å²) in [5.41, 5.74) is 1.37. The molecule has 2 saturated heterocycles. The highest BCUT2D eigenvalue weighted by molar-refractivity contribution is 5.88. The molecule has 0 aromatic carbocycles. The first kappa shape index (κ1) is 17.4. The van der Waals surface area contributed by atoms with Gasteiger partial charge in [0.25, 0.3) is 0 Å². The summed E-state index contributed by atoms with van der Waals surface area (Å²) in [6.07, 6.45) is 5.08. The highest BCUT2D eigenvalue weighted by Crippen LogP contribution is 2.24. The van der Waals surface area contributed by atoms with Gasteiger partial charge in [-0.25, -0.2) is 9.48 Å². The predicted octanol–water partition coefficient (Wildman–Crippen LogP) is 1.51. The van der Waals surface area contributed by atoms with Gasteiger partial charge in [-0.15, -0.1) is 0 Å². The number of rotatable bonds is 5. The van der Waals surface area contributed by atoms with Crippen molar-refractivity contribution in [2.24, 2.45) is 0 Å². The Bertz CT molecular complexity index is 546. The molecule has 2 aliphatic heterocycles. The third-order valence-corrected chi connectivity index (χ3v) is 4.72. The summed E-state index contributed by atoms with van der Waals surface area (Å²) < 4.78 is 12.8. The Hall–Kier alpha value is -1.44. The summed E-state index contributed by atoms with van der Waals surface area (Å²) in [4.78, 5) is 17.0. The third-order valence-electron chi connectivity index (χ3n) is 4.72. The molecule has 0 saturated carbocycles. The highest BCUT2D eigenvalue weighted by atomic mass is 16.5. The van der Waals surface area contributed by atoms with E-state index in [1.54, 1.807) is 0 Å². The Morgan fingerprint density at radius 2 is 2.12 bits per heavy atom. The molecule has 1 aromatic rings. The molecule has 0 aliphatic carbocycles. The van der Waals surface area contributed by atoms with Gasteiger partial charge in [0.05, 0.1) is 6.61 Å². The van der Waals surface area contributed by atoms with Crippen LogP contribution in [0.25, 0.3) is 0 Å². The summed E-state index contributed by atoms with van der Waals surface area (Å²) in [5, 5.41) is 4.51. The number of likely N-dealkylation sites (N-methyl/N-ethyl adjacent to an activating group) is 1. The number of nitrogens with zero attached hydrogens (tertiary/aromatic N) is 4. The van der Waals surface area contributed by atoms with Crippen LogP contribution in [0, 0.1) is 0 Å². The van der Waals surface area contributed by atoms with E-state index < -0.39 is 0 Å². The molecule has 0 bridgehead atoms. The molecule has 1 unspecified atom stereocenters. The van der Waals surface area contributed by atoms with Crippen LogP contribution in [0.3, 0.4) is 0 Å². The van der Waals surface area contributed by atoms with E-state index in [9.17, 15) is 4.79 Å². The summed E-state index contributed by atoms with van der Waals surface area (Å²) in [6, 6.07) is 0. The molecule has 0 amide bonds. The maximum absolute atomic E-state index is 12.3. The van der Waals surface area contributed by atoms with Crippen LogP contribution in [-0.4, -0.2) is 72.0 Å². The molecule has 2 aliphatic rings. The summed E-state index contributed by atoms with van der Waals surface area (Å²) in [5.74, 6) is -0.337. The van der Waals surface area contributed by atoms with E-state index >= 15 is 0 Å². The van der Waals surface area contributed by atoms with Crippen molar-refractivity contribution in [3.63, 3.8) is 0 Å². The Balaban J connectivity index is 1.76. The van der Waals surface area contributed by atoms with Gasteiger partial charge in [-0.2, -0.15) is 5.10 Å².